The number of hydrogen-bond donors (Lipinski definition) is 1. The van der Waals surface area contributed by atoms with Crippen LogP contribution in [0.3, 0.4) is 0 Å². The summed E-state index contributed by atoms with van der Waals surface area (Å²) < 4.78 is 0. The maximum atomic E-state index is 11.5. The van der Waals surface area contributed by atoms with Gasteiger partial charge in [-0.25, -0.2) is 10.0 Å². The monoisotopic (exact) mass is 262 g/mol. The molecule has 0 aromatic heterocycles. The molecule has 0 unspecified atom stereocenters. The molecule has 1 aliphatic rings. The molecule has 0 atom stereocenters. The largest absolute Gasteiger partial charge is 0.297 e. The number of thiol groups is 1. The van der Waals surface area contributed by atoms with E-state index in [1.807, 2.05) is 23.3 Å². The van der Waals surface area contributed by atoms with Crippen molar-refractivity contribution in [3.05, 3.63) is 41.6 Å². The van der Waals surface area contributed by atoms with E-state index in [0.29, 0.717) is 0 Å². The van der Waals surface area contributed by atoms with Crippen LogP contribution in [-0.4, -0.2) is 27.8 Å². The Kier molecular flexibility index (Phi) is 3.78. The first kappa shape index (κ1) is 13.2. The molecule has 0 saturated heterocycles. The predicted molar refractivity (Wildman–Crippen MR) is 77.2 cm³/mol. The van der Waals surface area contributed by atoms with E-state index in [9.17, 15) is 4.79 Å². The standard InChI is InChI=1S/C14H18N2OS/c1-10(2)15-8-12(9-16(15)14(17)18)13-7-5-4-6-11(13)3/h4-7,9-10H,8H2,1-3H3,(H,17,18). The third-order valence-corrected chi connectivity index (χ3v) is 3.38. The molecular weight excluding hydrogens is 244 g/mol. The van der Waals surface area contributed by atoms with Gasteiger partial charge in [0, 0.05) is 18.8 Å². The van der Waals surface area contributed by atoms with Gasteiger partial charge < -0.3 is 0 Å². The van der Waals surface area contributed by atoms with Crippen LogP contribution in [0, 0.1) is 6.92 Å². The Labute approximate surface area is 113 Å². The minimum absolute atomic E-state index is 0.243. The van der Waals surface area contributed by atoms with E-state index in [2.05, 4.69) is 45.5 Å². The summed E-state index contributed by atoms with van der Waals surface area (Å²) >= 11 is 3.93. The smallest absolute Gasteiger partial charge is 0.260 e. The fourth-order valence-electron chi connectivity index (χ4n) is 2.20. The Morgan fingerprint density at radius 2 is 2.00 bits per heavy atom. The van der Waals surface area contributed by atoms with Gasteiger partial charge >= 0.3 is 0 Å². The van der Waals surface area contributed by atoms with Gasteiger partial charge in [-0.1, -0.05) is 36.9 Å². The molecule has 18 heavy (non-hydrogen) atoms. The minimum atomic E-state index is -0.243. The molecular formula is C14H18N2OS. The van der Waals surface area contributed by atoms with Crippen LogP contribution in [0.2, 0.25) is 0 Å². The fourth-order valence-corrected chi connectivity index (χ4v) is 2.37. The maximum absolute atomic E-state index is 11.5. The summed E-state index contributed by atoms with van der Waals surface area (Å²) in [6.45, 7) is 6.96. The van der Waals surface area contributed by atoms with E-state index in [4.69, 9.17) is 0 Å². The highest BCUT2D eigenvalue weighted by atomic mass is 32.1. The molecule has 1 amide bonds. The molecule has 2 rings (SSSR count). The van der Waals surface area contributed by atoms with Gasteiger partial charge in [0.25, 0.3) is 5.24 Å². The van der Waals surface area contributed by atoms with Crippen molar-refractivity contribution in [1.29, 1.82) is 0 Å². The maximum Gasteiger partial charge on any atom is 0.297 e. The molecule has 0 radical (unpaired) electrons. The Morgan fingerprint density at radius 3 is 2.50 bits per heavy atom. The molecule has 1 aromatic carbocycles. The third-order valence-electron chi connectivity index (χ3n) is 3.17. The average Bonchev–Trinajstić information content (AvgIpc) is 2.74. The number of benzene rings is 1. The second-order valence-electron chi connectivity index (χ2n) is 4.79. The quantitative estimate of drug-likeness (QED) is 0.826. The molecule has 0 saturated carbocycles. The van der Waals surface area contributed by atoms with E-state index in [0.717, 1.165) is 12.1 Å². The summed E-state index contributed by atoms with van der Waals surface area (Å²) in [5, 5.41) is 3.36. The summed E-state index contributed by atoms with van der Waals surface area (Å²) in [5.74, 6) is 0. The van der Waals surface area contributed by atoms with Crippen molar-refractivity contribution in [2.24, 2.45) is 0 Å². The van der Waals surface area contributed by atoms with Crippen LogP contribution in [0.1, 0.15) is 25.0 Å². The first-order chi connectivity index (χ1) is 8.50. The Morgan fingerprint density at radius 1 is 1.33 bits per heavy atom. The van der Waals surface area contributed by atoms with Gasteiger partial charge in [0.05, 0.1) is 0 Å². The Hall–Kier alpha value is -1.26. The van der Waals surface area contributed by atoms with Crippen molar-refractivity contribution >= 4 is 23.4 Å². The van der Waals surface area contributed by atoms with Crippen LogP contribution in [-0.2, 0) is 0 Å². The molecule has 1 aliphatic heterocycles. The lowest BCUT2D eigenvalue weighted by Crippen LogP contribution is -2.41. The Balaban J connectivity index is 2.34. The van der Waals surface area contributed by atoms with Crippen LogP contribution in [0.25, 0.3) is 5.57 Å². The lowest BCUT2D eigenvalue weighted by atomic mass is 10.0. The molecule has 0 N–H and O–H groups in total. The summed E-state index contributed by atoms with van der Waals surface area (Å²) in [7, 11) is 0. The second-order valence-corrected chi connectivity index (χ2v) is 5.17. The highest BCUT2D eigenvalue weighted by Crippen LogP contribution is 2.28. The summed E-state index contributed by atoms with van der Waals surface area (Å²) in [6, 6.07) is 8.48. The van der Waals surface area contributed by atoms with Crippen LogP contribution in [0.5, 0.6) is 0 Å². The topological polar surface area (TPSA) is 23.6 Å². The lowest BCUT2D eigenvalue weighted by molar-refractivity contribution is 0.0658. The van der Waals surface area contributed by atoms with E-state index in [1.54, 1.807) is 5.01 Å². The molecule has 4 heteroatoms. The number of hydrazine groups is 1. The van der Waals surface area contributed by atoms with Crippen molar-refractivity contribution in [2.45, 2.75) is 26.8 Å². The predicted octanol–water partition coefficient (Wildman–Crippen LogP) is 3.33. The van der Waals surface area contributed by atoms with Crippen LogP contribution < -0.4 is 0 Å². The van der Waals surface area contributed by atoms with Gasteiger partial charge in [-0.3, -0.25) is 4.79 Å². The van der Waals surface area contributed by atoms with Crippen LogP contribution in [0.4, 0.5) is 4.79 Å². The molecule has 3 nitrogen and oxygen atoms in total. The molecule has 0 fully saturated rings. The molecule has 0 spiro atoms. The number of rotatable bonds is 2. The van der Waals surface area contributed by atoms with Crippen molar-refractivity contribution in [3.63, 3.8) is 0 Å². The average molecular weight is 262 g/mol. The zero-order valence-electron chi connectivity index (χ0n) is 10.9. The van der Waals surface area contributed by atoms with Gasteiger partial charge in [-0.2, -0.15) is 0 Å². The van der Waals surface area contributed by atoms with Gasteiger partial charge in [0.15, 0.2) is 0 Å². The molecule has 0 aliphatic carbocycles. The molecule has 0 bridgehead atoms. The highest BCUT2D eigenvalue weighted by Gasteiger charge is 2.28. The van der Waals surface area contributed by atoms with E-state index < -0.39 is 0 Å². The molecule has 96 valence electrons. The zero-order valence-corrected chi connectivity index (χ0v) is 11.8. The number of hydrogen-bond acceptors (Lipinski definition) is 2. The highest BCUT2D eigenvalue weighted by molar-refractivity contribution is 7.96. The van der Waals surface area contributed by atoms with Gasteiger partial charge in [-0.05, 0) is 37.5 Å². The second kappa shape index (κ2) is 5.16. The van der Waals surface area contributed by atoms with Crippen LogP contribution in [0.15, 0.2) is 30.5 Å². The molecule has 1 heterocycles. The van der Waals surface area contributed by atoms with Gasteiger partial charge in [-0.15, -0.1) is 0 Å². The molecule has 1 aromatic rings. The number of amides is 1. The van der Waals surface area contributed by atoms with E-state index in [-0.39, 0.29) is 11.3 Å². The van der Waals surface area contributed by atoms with Crippen LogP contribution >= 0.6 is 12.6 Å². The summed E-state index contributed by atoms with van der Waals surface area (Å²) in [6.07, 6.45) is 1.89. The number of nitrogens with zero attached hydrogens (tertiary/aromatic N) is 2. The fraction of sp³-hybridized carbons (Fsp3) is 0.357. The normalized spacial score (nSPS) is 16.3. The first-order valence-corrected chi connectivity index (χ1v) is 6.51. The van der Waals surface area contributed by atoms with Gasteiger partial charge in [0.1, 0.15) is 0 Å². The number of carbonyl (C=O) groups is 1. The summed E-state index contributed by atoms with van der Waals surface area (Å²) in [4.78, 5) is 11.5. The minimum Gasteiger partial charge on any atom is -0.260 e. The Bertz CT molecular complexity index is 496. The number of carbonyl (C=O) groups excluding carboxylic acids is 1. The first-order valence-electron chi connectivity index (χ1n) is 6.06. The van der Waals surface area contributed by atoms with E-state index >= 15 is 0 Å². The number of aryl methyl sites for hydroxylation is 1. The van der Waals surface area contributed by atoms with E-state index in [1.165, 1.54) is 11.1 Å². The zero-order chi connectivity index (χ0) is 13.3. The van der Waals surface area contributed by atoms with Crippen molar-refractivity contribution in [3.8, 4) is 0 Å². The third kappa shape index (κ3) is 2.44. The van der Waals surface area contributed by atoms with Gasteiger partial charge in [0.2, 0.25) is 0 Å². The summed E-state index contributed by atoms with van der Waals surface area (Å²) in [5.41, 5.74) is 3.57. The van der Waals surface area contributed by atoms with Crippen molar-refractivity contribution in [2.75, 3.05) is 6.54 Å². The van der Waals surface area contributed by atoms with Crippen molar-refractivity contribution in [1.82, 2.24) is 10.0 Å². The van der Waals surface area contributed by atoms with Crippen molar-refractivity contribution < 1.29 is 4.79 Å². The lowest BCUT2D eigenvalue weighted by Gasteiger charge is -2.29. The SMILES string of the molecule is Cc1ccccc1C1=CN(C(=O)S)N(C(C)C)C1.